The third kappa shape index (κ3) is 3.36. The molecule has 0 N–H and O–H groups in total. The fraction of sp³-hybridized carbons (Fsp3) is 0.400. The molecule has 1 aliphatic heterocycles. The second-order valence-electron chi connectivity index (χ2n) is 7.12. The lowest BCUT2D eigenvalue weighted by Crippen LogP contribution is -2.57. The average Bonchev–Trinajstić information content (AvgIpc) is 2.69. The first-order chi connectivity index (χ1) is 13.1. The zero-order valence-electron chi connectivity index (χ0n) is 15.0. The Morgan fingerprint density at radius 1 is 0.963 bits per heavy atom. The van der Waals surface area contributed by atoms with Gasteiger partial charge in [0.25, 0.3) is 5.91 Å². The SMILES string of the molecule is O=C(c1cnccn1)N1CCN(C(=O)C2(c3ccc(Br)cc3)CCC2)CC1. The van der Waals surface area contributed by atoms with Gasteiger partial charge in [-0.1, -0.05) is 34.5 Å². The molecule has 0 atom stereocenters. The molecule has 1 aliphatic carbocycles. The Hall–Kier alpha value is -2.28. The van der Waals surface area contributed by atoms with Crippen molar-refractivity contribution in [2.24, 2.45) is 0 Å². The highest BCUT2D eigenvalue weighted by Crippen LogP contribution is 2.45. The molecular weight excluding hydrogens is 408 g/mol. The molecule has 2 aromatic rings. The second kappa shape index (κ2) is 7.38. The van der Waals surface area contributed by atoms with Crippen LogP contribution < -0.4 is 0 Å². The van der Waals surface area contributed by atoms with Crippen molar-refractivity contribution >= 4 is 27.7 Å². The van der Waals surface area contributed by atoms with Gasteiger partial charge < -0.3 is 9.80 Å². The fourth-order valence-electron chi connectivity index (χ4n) is 3.91. The van der Waals surface area contributed by atoms with E-state index in [-0.39, 0.29) is 11.8 Å². The molecule has 0 spiro atoms. The summed E-state index contributed by atoms with van der Waals surface area (Å²) < 4.78 is 1.02. The van der Waals surface area contributed by atoms with Crippen LogP contribution >= 0.6 is 15.9 Å². The molecule has 2 fully saturated rings. The van der Waals surface area contributed by atoms with Crippen LogP contribution in [0.5, 0.6) is 0 Å². The largest absolute Gasteiger partial charge is 0.338 e. The molecule has 140 valence electrons. The Morgan fingerprint density at radius 2 is 1.63 bits per heavy atom. The smallest absolute Gasteiger partial charge is 0.274 e. The van der Waals surface area contributed by atoms with Crippen molar-refractivity contribution in [1.29, 1.82) is 0 Å². The minimum absolute atomic E-state index is 0.124. The molecule has 6 nitrogen and oxygen atoms in total. The van der Waals surface area contributed by atoms with Gasteiger partial charge in [-0.05, 0) is 30.5 Å². The molecule has 1 saturated heterocycles. The van der Waals surface area contributed by atoms with E-state index in [1.165, 1.54) is 12.4 Å². The number of carbonyl (C=O) groups is 2. The first-order valence-electron chi connectivity index (χ1n) is 9.21. The van der Waals surface area contributed by atoms with Gasteiger partial charge in [0.2, 0.25) is 5.91 Å². The van der Waals surface area contributed by atoms with Gasteiger partial charge in [0, 0.05) is 43.0 Å². The van der Waals surface area contributed by atoms with Gasteiger partial charge in [0.1, 0.15) is 5.69 Å². The molecule has 2 amide bonds. The van der Waals surface area contributed by atoms with Crippen LogP contribution in [0.1, 0.15) is 35.3 Å². The van der Waals surface area contributed by atoms with Crippen LogP contribution in [0, 0.1) is 0 Å². The van der Waals surface area contributed by atoms with Crippen molar-refractivity contribution in [3.63, 3.8) is 0 Å². The number of rotatable bonds is 3. The molecule has 1 aromatic carbocycles. The highest BCUT2D eigenvalue weighted by atomic mass is 79.9. The lowest BCUT2D eigenvalue weighted by Gasteiger charge is -2.46. The van der Waals surface area contributed by atoms with E-state index in [2.05, 4.69) is 38.0 Å². The van der Waals surface area contributed by atoms with Crippen molar-refractivity contribution < 1.29 is 9.59 Å². The summed E-state index contributed by atoms with van der Waals surface area (Å²) >= 11 is 3.46. The predicted molar refractivity (Wildman–Crippen MR) is 104 cm³/mol. The quantitative estimate of drug-likeness (QED) is 0.753. The van der Waals surface area contributed by atoms with Gasteiger partial charge in [0.05, 0.1) is 11.6 Å². The Bertz CT molecular complexity index is 829. The van der Waals surface area contributed by atoms with Crippen LogP contribution in [-0.4, -0.2) is 57.8 Å². The minimum Gasteiger partial charge on any atom is -0.338 e. The Morgan fingerprint density at radius 3 is 2.19 bits per heavy atom. The van der Waals surface area contributed by atoms with Gasteiger partial charge in [0.15, 0.2) is 0 Å². The zero-order valence-corrected chi connectivity index (χ0v) is 16.6. The molecule has 1 aromatic heterocycles. The number of piperazine rings is 1. The van der Waals surface area contributed by atoms with Crippen molar-refractivity contribution in [3.05, 3.63) is 58.6 Å². The third-order valence-corrected chi connectivity index (χ3v) is 6.18. The number of hydrogen-bond donors (Lipinski definition) is 0. The molecule has 0 bridgehead atoms. The minimum atomic E-state index is -0.391. The van der Waals surface area contributed by atoms with Crippen molar-refractivity contribution in [2.45, 2.75) is 24.7 Å². The molecule has 2 heterocycles. The van der Waals surface area contributed by atoms with Crippen LogP contribution in [0.15, 0.2) is 47.3 Å². The summed E-state index contributed by atoms with van der Waals surface area (Å²) in [5, 5.41) is 0. The average molecular weight is 429 g/mol. The standard InChI is InChI=1S/C20H21BrN4O2/c21-16-4-2-15(3-5-16)20(6-1-7-20)19(27)25-12-10-24(11-13-25)18(26)17-14-22-8-9-23-17/h2-5,8-9,14H,1,6-7,10-13H2. The Balaban J connectivity index is 1.44. The molecule has 7 heteroatoms. The van der Waals surface area contributed by atoms with E-state index in [4.69, 9.17) is 0 Å². The van der Waals surface area contributed by atoms with E-state index < -0.39 is 5.41 Å². The maximum atomic E-state index is 13.3. The molecular formula is C20H21BrN4O2. The summed E-state index contributed by atoms with van der Waals surface area (Å²) in [6.45, 7) is 2.17. The van der Waals surface area contributed by atoms with Crippen LogP contribution in [0.4, 0.5) is 0 Å². The second-order valence-corrected chi connectivity index (χ2v) is 8.03. The van der Waals surface area contributed by atoms with E-state index in [1.54, 1.807) is 11.1 Å². The molecule has 4 rings (SSSR count). The molecule has 0 radical (unpaired) electrons. The van der Waals surface area contributed by atoms with Crippen LogP contribution in [0.3, 0.4) is 0 Å². The van der Waals surface area contributed by atoms with Crippen LogP contribution in [-0.2, 0) is 10.2 Å². The predicted octanol–water partition coefficient (Wildman–Crippen LogP) is 2.65. The number of amides is 2. The van der Waals surface area contributed by atoms with Gasteiger partial charge in [-0.3, -0.25) is 14.6 Å². The first-order valence-corrected chi connectivity index (χ1v) is 10.0. The van der Waals surface area contributed by atoms with Crippen molar-refractivity contribution in [1.82, 2.24) is 19.8 Å². The monoisotopic (exact) mass is 428 g/mol. The zero-order chi connectivity index (χ0) is 18.9. The summed E-state index contributed by atoms with van der Waals surface area (Å²) in [6, 6.07) is 8.10. The lowest BCUT2D eigenvalue weighted by atomic mass is 9.63. The Labute approximate surface area is 166 Å². The number of halogens is 1. The van der Waals surface area contributed by atoms with E-state index in [9.17, 15) is 9.59 Å². The van der Waals surface area contributed by atoms with E-state index in [0.717, 1.165) is 29.3 Å². The van der Waals surface area contributed by atoms with Gasteiger partial charge in [-0.2, -0.15) is 0 Å². The molecule has 1 saturated carbocycles. The molecule has 27 heavy (non-hydrogen) atoms. The Kier molecular flexibility index (Phi) is 4.95. The van der Waals surface area contributed by atoms with Gasteiger partial charge >= 0.3 is 0 Å². The highest BCUT2D eigenvalue weighted by molar-refractivity contribution is 9.10. The topological polar surface area (TPSA) is 66.4 Å². The summed E-state index contributed by atoms with van der Waals surface area (Å²) in [5.41, 5.74) is 1.06. The van der Waals surface area contributed by atoms with Crippen LogP contribution in [0.25, 0.3) is 0 Å². The number of benzene rings is 1. The fourth-order valence-corrected chi connectivity index (χ4v) is 4.18. The molecule has 0 unspecified atom stereocenters. The maximum Gasteiger partial charge on any atom is 0.274 e. The van der Waals surface area contributed by atoms with Crippen LogP contribution in [0.2, 0.25) is 0 Å². The highest BCUT2D eigenvalue weighted by Gasteiger charge is 2.48. The number of hydrogen-bond acceptors (Lipinski definition) is 4. The summed E-state index contributed by atoms with van der Waals surface area (Å²) in [5.74, 6) is 0.0733. The van der Waals surface area contributed by atoms with Gasteiger partial charge in [-0.25, -0.2) is 4.98 Å². The van der Waals surface area contributed by atoms with E-state index in [1.807, 2.05) is 17.0 Å². The summed E-state index contributed by atoms with van der Waals surface area (Å²) in [6.07, 6.45) is 7.42. The van der Waals surface area contributed by atoms with Crippen molar-refractivity contribution in [2.75, 3.05) is 26.2 Å². The first kappa shape index (κ1) is 18.1. The van der Waals surface area contributed by atoms with E-state index >= 15 is 0 Å². The van der Waals surface area contributed by atoms with E-state index in [0.29, 0.717) is 31.9 Å². The number of nitrogens with zero attached hydrogens (tertiary/aromatic N) is 4. The maximum absolute atomic E-state index is 13.3. The summed E-state index contributed by atoms with van der Waals surface area (Å²) in [7, 11) is 0. The van der Waals surface area contributed by atoms with Crippen molar-refractivity contribution in [3.8, 4) is 0 Å². The number of carbonyl (C=O) groups excluding carboxylic acids is 2. The lowest BCUT2D eigenvalue weighted by molar-refractivity contribution is -0.142. The summed E-state index contributed by atoms with van der Waals surface area (Å²) in [4.78, 5) is 37.5. The third-order valence-electron chi connectivity index (χ3n) is 5.65. The molecule has 2 aliphatic rings. The number of aromatic nitrogens is 2. The normalized spacial score (nSPS) is 18.7. The van der Waals surface area contributed by atoms with Gasteiger partial charge in [-0.15, -0.1) is 0 Å².